The molecule has 33 heavy (non-hydrogen) atoms. The van der Waals surface area contributed by atoms with Crippen LogP contribution in [0, 0.1) is 17.2 Å². The van der Waals surface area contributed by atoms with Gasteiger partial charge in [0.1, 0.15) is 24.6 Å². The van der Waals surface area contributed by atoms with Gasteiger partial charge in [0.2, 0.25) is 5.91 Å². The van der Waals surface area contributed by atoms with Crippen molar-refractivity contribution in [2.24, 2.45) is 13.0 Å². The maximum absolute atomic E-state index is 12.7. The molecule has 2 aromatic heterocycles. The minimum Gasteiger partial charge on any atom is -1.00 e. The van der Waals surface area contributed by atoms with E-state index < -0.39 is 6.04 Å². The Morgan fingerprint density at radius 2 is 1.91 bits per heavy atom. The fraction of sp³-hybridized carbons (Fsp3) is 0.292. The van der Waals surface area contributed by atoms with Gasteiger partial charge in [0.05, 0.1) is 17.3 Å². The predicted molar refractivity (Wildman–Crippen MR) is 123 cm³/mol. The lowest BCUT2D eigenvalue weighted by atomic mass is 10.0. The van der Waals surface area contributed by atoms with Crippen LogP contribution in [-0.4, -0.2) is 29.4 Å². The first-order chi connectivity index (χ1) is 15.4. The van der Waals surface area contributed by atoms with Gasteiger partial charge in [-0.2, -0.15) is 5.26 Å². The highest BCUT2D eigenvalue weighted by Gasteiger charge is 2.22. The molecule has 7 nitrogen and oxygen atoms in total. The molecule has 0 fully saturated rings. The molecule has 0 aliphatic rings. The van der Waals surface area contributed by atoms with Crippen molar-refractivity contribution in [2.45, 2.75) is 26.3 Å². The number of benzene rings is 1. The number of pyridine rings is 1. The van der Waals surface area contributed by atoms with Crippen LogP contribution in [0.15, 0.2) is 54.2 Å². The Morgan fingerprint density at radius 1 is 1.18 bits per heavy atom. The van der Waals surface area contributed by atoms with Crippen molar-refractivity contribution in [1.29, 1.82) is 5.26 Å². The second-order valence-electron chi connectivity index (χ2n) is 7.90. The summed E-state index contributed by atoms with van der Waals surface area (Å²) in [6, 6.07) is 12.4. The van der Waals surface area contributed by atoms with E-state index in [1.54, 1.807) is 23.5 Å². The minimum atomic E-state index is -0.691. The van der Waals surface area contributed by atoms with E-state index in [2.05, 4.69) is 10.6 Å². The Morgan fingerprint density at radius 3 is 2.55 bits per heavy atom. The van der Waals surface area contributed by atoms with Crippen LogP contribution >= 0.6 is 11.3 Å². The molecule has 0 saturated heterocycles. The van der Waals surface area contributed by atoms with E-state index in [-0.39, 0.29) is 48.3 Å². The molecule has 0 radical (unpaired) electrons. The fourth-order valence-electron chi connectivity index (χ4n) is 3.24. The van der Waals surface area contributed by atoms with Gasteiger partial charge < -0.3 is 34.6 Å². The smallest absolute Gasteiger partial charge is 0.251 e. The predicted octanol–water partition coefficient (Wildman–Crippen LogP) is 0.0899. The van der Waals surface area contributed by atoms with E-state index >= 15 is 0 Å². The molecule has 2 N–H and O–H groups in total. The van der Waals surface area contributed by atoms with Gasteiger partial charge >= 0.3 is 0 Å². The molecule has 2 heterocycles. The summed E-state index contributed by atoms with van der Waals surface area (Å²) < 4.78 is 1.98. The summed E-state index contributed by atoms with van der Waals surface area (Å²) in [6.07, 6.45) is 4.48. The van der Waals surface area contributed by atoms with Gasteiger partial charge in [0, 0.05) is 22.6 Å². The molecule has 3 aromatic rings. The molecule has 0 unspecified atom stereocenters. The second kappa shape index (κ2) is 12.4. The SMILES string of the molecule is CC(C)C[C@H](NC(=O)c1ccc(-c2csc(-c3ccc[n+](C)c3)n2)cc1)C(=O)NCC#N.[I-]. The maximum Gasteiger partial charge on any atom is 0.251 e. The lowest BCUT2D eigenvalue weighted by molar-refractivity contribution is -0.671. The van der Waals surface area contributed by atoms with Crippen LogP contribution in [0.25, 0.3) is 21.8 Å². The molecule has 9 heteroatoms. The number of aryl methyl sites for hydroxylation is 1. The van der Waals surface area contributed by atoms with Gasteiger partial charge in [-0.1, -0.05) is 26.0 Å². The number of hydrogen-bond donors (Lipinski definition) is 2. The van der Waals surface area contributed by atoms with E-state index in [1.807, 2.05) is 73.6 Å². The van der Waals surface area contributed by atoms with E-state index in [0.29, 0.717) is 12.0 Å². The number of thiazole rings is 1. The van der Waals surface area contributed by atoms with Crippen molar-refractivity contribution in [3.05, 3.63) is 59.7 Å². The summed E-state index contributed by atoms with van der Waals surface area (Å²) in [7, 11) is 1.97. The van der Waals surface area contributed by atoms with Crippen LogP contribution in [0.3, 0.4) is 0 Å². The number of nitrogens with zero attached hydrogens (tertiary/aromatic N) is 3. The highest BCUT2D eigenvalue weighted by atomic mass is 127. The van der Waals surface area contributed by atoms with Gasteiger partial charge in [0.25, 0.3) is 5.91 Å². The zero-order chi connectivity index (χ0) is 23.1. The molecule has 0 spiro atoms. The minimum absolute atomic E-state index is 0. The molecule has 172 valence electrons. The quantitative estimate of drug-likeness (QED) is 0.226. The van der Waals surface area contributed by atoms with Crippen LogP contribution in [-0.2, 0) is 11.8 Å². The first-order valence-electron chi connectivity index (χ1n) is 10.3. The Bertz CT molecular complexity index is 1140. The number of halogens is 1. The van der Waals surface area contributed by atoms with Crippen LogP contribution < -0.4 is 39.2 Å². The topological polar surface area (TPSA) is 98.8 Å². The average Bonchev–Trinajstić information content (AvgIpc) is 3.27. The summed E-state index contributed by atoms with van der Waals surface area (Å²) in [6.45, 7) is 3.86. The summed E-state index contributed by atoms with van der Waals surface area (Å²) >= 11 is 1.57. The highest BCUT2D eigenvalue weighted by Crippen LogP contribution is 2.28. The molecule has 0 aliphatic heterocycles. The third-order valence-electron chi connectivity index (χ3n) is 4.80. The summed E-state index contributed by atoms with van der Waals surface area (Å²) in [5.41, 5.74) is 3.26. The Labute approximate surface area is 214 Å². The first-order valence-corrected chi connectivity index (χ1v) is 11.2. The zero-order valence-corrected chi connectivity index (χ0v) is 21.7. The van der Waals surface area contributed by atoms with Gasteiger partial charge in [-0.3, -0.25) is 9.59 Å². The first kappa shape index (κ1) is 26.4. The summed E-state index contributed by atoms with van der Waals surface area (Å²) in [4.78, 5) is 29.7. The van der Waals surface area contributed by atoms with Gasteiger partial charge in [0.15, 0.2) is 12.4 Å². The Hall–Kier alpha value is -2.84. The van der Waals surface area contributed by atoms with Crippen molar-refractivity contribution >= 4 is 23.2 Å². The lowest BCUT2D eigenvalue weighted by Crippen LogP contribution is -3.00. The standard InChI is InChI=1S/C24H25N5O2S.HI/c1-16(2)13-20(23(31)26-11-10-25)27-22(30)18-8-6-17(7-9-18)21-15-32-24(28-21)19-5-4-12-29(3)14-19;/h4-9,12,14-16,20H,11,13H2,1-3H3,(H-,26,27,30,31);1H/t20-;/m0./s1. The van der Waals surface area contributed by atoms with Crippen molar-refractivity contribution < 1.29 is 38.1 Å². The number of nitriles is 1. The maximum atomic E-state index is 12.7. The molecule has 3 rings (SSSR count). The summed E-state index contributed by atoms with van der Waals surface area (Å²) in [5.74, 6) is -0.472. The number of nitrogens with one attached hydrogen (secondary N) is 2. The number of amides is 2. The van der Waals surface area contributed by atoms with Crippen molar-refractivity contribution in [1.82, 2.24) is 15.6 Å². The molecule has 2 amide bonds. The fourth-order valence-corrected chi connectivity index (χ4v) is 4.06. The van der Waals surface area contributed by atoms with Crippen LogP contribution in [0.2, 0.25) is 0 Å². The second-order valence-corrected chi connectivity index (χ2v) is 8.76. The Balaban J connectivity index is 0.00000385. The van der Waals surface area contributed by atoms with Gasteiger partial charge in [-0.15, -0.1) is 11.3 Å². The van der Waals surface area contributed by atoms with Gasteiger partial charge in [-0.05, 0) is 30.5 Å². The summed E-state index contributed by atoms with van der Waals surface area (Å²) in [5, 5.41) is 16.9. The monoisotopic (exact) mass is 575 g/mol. The Kier molecular flexibility index (Phi) is 9.94. The molecular formula is C24H26IN5O2S. The van der Waals surface area contributed by atoms with E-state index in [0.717, 1.165) is 21.8 Å². The largest absolute Gasteiger partial charge is 1.00 e. The van der Waals surface area contributed by atoms with Crippen molar-refractivity contribution in [2.75, 3.05) is 6.54 Å². The molecule has 0 aliphatic carbocycles. The number of carbonyl (C=O) groups is 2. The molecule has 1 aromatic carbocycles. The van der Waals surface area contributed by atoms with Crippen molar-refractivity contribution in [3.8, 4) is 27.9 Å². The van der Waals surface area contributed by atoms with E-state index in [1.165, 1.54) is 0 Å². The van der Waals surface area contributed by atoms with Crippen LogP contribution in [0.4, 0.5) is 0 Å². The third kappa shape index (κ3) is 7.33. The number of carbonyl (C=O) groups excluding carboxylic acids is 2. The molecular weight excluding hydrogens is 549 g/mol. The molecule has 0 bridgehead atoms. The highest BCUT2D eigenvalue weighted by molar-refractivity contribution is 7.13. The number of aromatic nitrogens is 2. The van der Waals surface area contributed by atoms with Crippen molar-refractivity contribution in [3.63, 3.8) is 0 Å². The van der Waals surface area contributed by atoms with Crippen LogP contribution in [0.1, 0.15) is 30.6 Å². The van der Waals surface area contributed by atoms with Crippen LogP contribution in [0.5, 0.6) is 0 Å². The van der Waals surface area contributed by atoms with Gasteiger partial charge in [-0.25, -0.2) is 9.55 Å². The number of rotatable bonds is 8. The zero-order valence-electron chi connectivity index (χ0n) is 18.7. The normalized spacial score (nSPS) is 11.2. The number of hydrogen-bond acceptors (Lipinski definition) is 5. The molecule has 1 atom stereocenters. The molecule has 0 saturated carbocycles. The lowest BCUT2D eigenvalue weighted by Gasteiger charge is -2.19. The van der Waals surface area contributed by atoms with E-state index in [9.17, 15) is 9.59 Å². The van der Waals surface area contributed by atoms with E-state index in [4.69, 9.17) is 10.2 Å². The average molecular weight is 575 g/mol. The third-order valence-corrected chi connectivity index (χ3v) is 5.70.